The first-order valence-corrected chi connectivity index (χ1v) is 9.68. The van der Waals surface area contributed by atoms with Crippen LogP contribution in [0, 0.1) is 0 Å². The fourth-order valence-electron chi connectivity index (χ4n) is 1.61. The Kier molecular flexibility index (Phi) is 7.63. The van der Waals surface area contributed by atoms with E-state index in [-0.39, 0.29) is 0 Å². The van der Waals surface area contributed by atoms with Gasteiger partial charge in [0.25, 0.3) is 0 Å². The molecule has 8 heteroatoms. The summed E-state index contributed by atoms with van der Waals surface area (Å²) in [6.45, 7) is 5.37. The third-order valence-corrected chi connectivity index (χ3v) is 5.59. The van der Waals surface area contributed by atoms with Gasteiger partial charge in [-0.3, -0.25) is 4.72 Å². The lowest BCUT2D eigenvalue weighted by Crippen LogP contribution is -2.35. The molecule has 21 heavy (non-hydrogen) atoms. The van der Waals surface area contributed by atoms with Crippen LogP contribution in [0.1, 0.15) is 20.3 Å². The monoisotopic (exact) mass is 441 g/mol. The van der Waals surface area contributed by atoms with E-state index in [0.717, 1.165) is 13.0 Å². The summed E-state index contributed by atoms with van der Waals surface area (Å²) in [5.41, 5.74) is 0.504. The summed E-state index contributed by atoms with van der Waals surface area (Å²) >= 11 is 6.69. The average molecular weight is 443 g/mol. The Balaban J connectivity index is 2.64. The van der Waals surface area contributed by atoms with Crippen molar-refractivity contribution in [3.05, 3.63) is 27.1 Å². The molecule has 120 valence electrons. The highest BCUT2D eigenvalue weighted by Crippen LogP contribution is 2.31. The molecule has 0 saturated carbocycles. The van der Waals surface area contributed by atoms with Crippen LogP contribution in [0.3, 0.4) is 0 Å². The zero-order valence-electron chi connectivity index (χ0n) is 12.4. The van der Waals surface area contributed by atoms with Gasteiger partial charge in [0, 0.05) is 28.6 Å². The van der Waals surface area contributed by atoms with Crippen LogP contribution in [0.2, 0.25) is 0 Å². The summed E-state index contributed by atoms with van der Waals surface area (Å²) in [4.78, 5) is 0. The van der Waals surface area contributed by atoms with Crippen LogP contribution in [-0.2, 0) is 10.2 Å². The van der Waals surface area contributed by atoms with Gasteiger partial charge in [0.05, 0.1) is 5.69 Å². The van der Waals surface area contributed by atoms with Crippen molar-refractivity contribution in [1.82, 2.24) is 9.62 Å². The first kappa shape index (κ1) is 18.9. The van der Waals surface area contributed by atoms with E-state index < -0.39 is 10.2 Å². The van der Waals surface area contributed by atoms with Gasteiger partial charge < -0.3 is 5.32 Å². The number of hydrogen-bond acceptors (Lipinski definition) is 3. The Morgan fingerprint density at radius 2 is 1.81 bits per heavy atom. The molecule has 0 aliphatic rings. The second kappa shape index (κ2) is 8.47. The Morgan fingerprint density at radius 3 is 2.33 bits per heavy atom. The smallest absolute Gasteiger partial charge is 0.301 e. The minimum absolute atomic E-state index is 0.404. The van der Waals surface area contributed by atoms with Gasteiger partial charge in [-0.05, 0) is 57.0 Å². The van der Waals surface area contributed by atoms with Crippen LogP contribution in [0.5, 0.6) is 0 Å². The highest BCUT2D eigenvalue weighted by molar-refractivity contribution is 9.11. The number of halogens is 2. The lowest BCUT2D eigenvalue weighted by Gasteiger charge is -2.20. The molecule has 0 fully saturated rings. The SMILES string of the molecule is CC(C)NCCCN(C)S(=O)(=O)Nc1c(Br)cccc1Br. The van der Waals surface area contributed by atoms with E-state index >= 15 is 0 Å². The third-order valence-electron chi connectivity index (χ3n) is 2.81. The van der Waals surface area contributed by atoms with Gasteiger partial charge in [-0.2, -0.15) is 12.7 Å². The van der Waals surface area contributed by atoms with E-state index in [1.165, 1.54) is 4.31 Å². The summed E-state index contributed by atoms with van der Waals surface area (Å²) in [5.74, 6) is 0. The molecule has 0 aliphatic heterocycles. The molecule has 2 N–H and O–H groups in total. The minimum Gasteiger partial charge on any atom is -0.314 e. The molecule has 0 atom stereocenters. The van der Waals surface area contributed by atoms with Crippen LogP contribution in [0.4, 0.5) is 5.69 Å². The number of benzene rings is 1. The van der Waals surface area contributed by atoms with Crippen LogP contribution >= 0.6 is 31.9 Å². The summed E-state index contributed by atoms with van der Waals surface area (Å²) < 4.78 is 29.9. The summed E-state index contributed by atoms with van der Waals surface area (Å²) in [6, 6.07) is 5.80. The summed E-state index contributed by atoms with van der Waals surface area (Å²) in [6.07, 6.45) is 0.757. The number of anilines is 1. The average Bonchev–Trinajstić information content (AvgIpc) is 2.38. The third kappa shape index (κ3) is 6.23. The fourth-order valence-corrected chi connectivity index (χ4v) is 4.08. The Labute approximate surface area is 143 Å². The Bertz CT molecular complexity index is 544. The Morgan fingerprint density at radius 1 is 1.24 bits per heavy atom. The van der Waals surface area contributed by atoms with E-state index in [1.54, 1.807) is 19.2 Å². The second-order valence-electron chi connectivity index (χ2n) is 4.99. The van der Waals surface area contributed by atoms with Crippen molar-refractivity contribution in [2.45, 2.75) is 26.3 Å². The number of nitrogens with one attached hydrogen (secondary N) is 2. The quantitative estimate of drug-likeness (QED) is 0.607. The van der Waals surface area contributed by atoms with E-state index in [4.69, 9.17) is 0 Å². The standard InChI is InChI=1S/C13H21Br2N3O2S/c1-10(2)16-8-5-9-18(3)21(19,20)17-13-11(14)6-4-7-12(13)15/h4,6-7,10,16-17H,5,8-9H2,1-3H3. The number of para-hydroxylation sites is 1. The second-order valence-corrected chi connectivity index (χ2v) is 8.47. The van der Waals surface area contributed by atoms with Crippen molar-refractivity contribution in [2.75, 3.05) is 24.9 Å². The predicted octanol–water partition coefficient (Wildman–Crippen LogP) is 3.19. The zero-order chi connectivity index (χ0) is 16.0. The predicted molar refractivity (Wildman–Crippen MR) is 94.8 cm³/mol. The lowest BCUT2D eigenvalue weighted by atomic mass is 10.3. The summed E-state index contributed by atoms with van der Waals surface area (Å²) in [5, 5.41) is 3.26. The molecular formula is C13H21Br2N3O2S. The van der Waals surface area contributed by atoms with Crippen molar-refractivity contribution in [3.8, 4) is 0 Å². The van der Waals surface area contributed by atoms with Crippen LogP contribution in [-0.4, -0.2) is 38.9 Å². The molecule has 1 aromatic rings. The van der Waals surface area contributed by atoms with Crippen molar-refractivity contribution in [2.24, 2.45) is 0 Å². The van der Waals surface area contributed by atoms with E-state index in [2.05, 4.69) is 55.7 Å². The lowest BCUT2D eigenvalue weighted by molar-refractivity contribution is 0.451. The fraction of sp³-hybridized carbons (Fsp3) is 0.538. The highest BCUT2D eigenvalue weighted by Gasteiger charge is 2.19. The molecule has 0 amide bonds. The first-order valence-electron chi connectivity index (χ1n) is 6.65. The maximum absolute atomic E-state index is 12.3. The van der Waals surface area contributed by atoms with Gasteiger partial charge >= 0.3 is 10.2 Å². The molecule has 0 unspecified atom stereocenters. The van der Waals surface area contributed by atoms with Gasteiger partial charge in [-0.15, -0.1) is 0 Å². The van der Waals surface area contributed by atoms with Crippen molar-refractivity contribution >= 4 is 47.8 Å². The molecular weight excluding hydrogens is 422 g/mol. The molecule has 1 aromatic carbocycles. The molecule has 5 nitrogen and oxygen atoms in total. The van der Waals surface area contributed by atoms with Gasteiger partial charge in [0.15, 0.2) is 0 Å². The van der Waals surface area contributed by atoms with Crippen LogP contribution < -0.4 is 10.0 Å². The van der Waals surface area contributed by atoms with Crippen molar-refractivity contribution in [3.63, 3.8) is 0 Å². The molecule has 0 aromatic heterocycles. The number of rotatable bonds is 8. The molecule has 1 rings (SSSR count). The molecule has 0 radical (unpaired) electrons. The first-order chi connectivity index (χ1) is 9.74. The van der Waals surface area contributed by atoms with E-state index in [1.807, 2.05) is 6.07 Å². The molecule has 0 saturated heterocycles. The maximum Gasteiger partial charge on any atom is 0.301 e. The van der Waals surface area contributed by atoms with Gasteiger partial charge in [0.2, 0.25) is 0 Å². The van der Waals surface area contributed by atoms with Crippen molar-refractivity contribution in [1.29, 1.82) is 0 Å². The van der Waals surface area contributed by atoms with Crippen molar-refractivity contribution < 1.29 is 8.42 Å². The highest BCUT2D eigenvalue weighted by atomic mass is 79.9. The minimum atomic E-state index is -3.56. The van der Waals surface area contributed by atoms with Gasteiger partial charge in [-0.25, -0.2) is 0 Å². The molecule has 0 bridgehead atoms. The molecule has 0 spiro atoms. The largest absolute Gasteiger partial charge is 0.314 e. The Hall–Kier alpha value is -0.150. The van der Waals surface area contributed by atoms with Gasteiger partial charge in [-0.1, -0.05) is 19.9 Å². The van der Waals surface area contributed by atoms with Gasteiger partial charge in [0.1, 0.15) is 0 Å². The maximum atomic E-state index is 12.3. The normalized spacial score (nSPS) is 12.1. The topological polar surface area (TPSA) is 61.4 Å². The van der Waals surface area contributed by atoms with E-state index in [9.17, 15) is 8.42 Å². The van der Waals surface area contributed by atoms with Crippen LogP contribution in [0.15, 0.2) is 27.1 Å². The number of nitrogens with zero attached hydrogens (tertiary/aromatic N) is 1. The van der Waals surface area contributed by atoms with Crippen LogP contribution in [0.25, 0.3) is 0 Å². The molecule has 0 heterocycles. The van der Waals surface area contributed by atoms with E-state index in [0.29, 0.717) is 27.2 Å². The summed E-state index contributed by atoms with van der Waals surface area (Å²) in [7, 11) is -1.99. The number of hydrogen-bond donors (Lipinski definition) is 2. The zero-order valence-corrected chi connectivity index (χ0v) is 16.3. The molecule has 0 aliphatic carbocycles.